The first-order valence-electron chi connectivity index (χ1n) is 40.6. The van der Waals surface area contributed by atoms with Crippen LogP contribution in [0.1, 0.15) is 0 Å². The van der Waals surface area contributed by atoms with Gasteiger partial charge in [-0.05, 0) is 221 Å². The zero-order valence-electron chi connectivity index (χ0n) is 64.7. The van der Waals surface area contributed by atoms with Crippen LogP contribution >= 0.6 is 0 Å². The Morgan fingerprint density at radius 2 is 0.263 bits per heavy atom. The van der Waals surface area contributed by atoms with Gasteiger partial charge in [0.1, 0.15) is 0 Å². The van der Waals surface area contributed by atoms with Crippen LogP contribution in [-0.2, 0) is 0 Å². The molecule has 4 aromatic heterocycles. The molecule has 0 fully saturated rings. The molecule has 0 radical (unpaired) electrons. The lowest BCUT2D eigenvalue weighted by atomic mass is 9.97. The van der Waals surface area contributed by atoms with Crippen molar-refractivity contribution in [3.05, 3.63) is 461 Å². The number of fused-ring (bicyclic) bond motifs is 12. The SMILES string of the molecule is c1ccc(-c2ccc(-n3c4ccccc4c4cc(-c5ccc(-c6ccc(-c7ccc8c(c7)c7ccccc7n8-c7ccccc7)cc6)cc5)ccc43)cc2)cc1.c1ccc(-c2cccc(-n3c4ccccc4c4cc(-c5ccc(-c6ccc(-c7ccc8c(c7)c7ccccc7n8-c7cccc(-c8ccccc8)c7)cc6)cc5)ccc43)c2)cc1. The van der Waals surface area contributed by atoms with Crippen molar-refractivity contribution in [2.75, 3.05) is 0 Å². The monoisotopic (exact) mass is 1500 g/mol. The summed E-state index contributed by atoms with van der Waals surface area (Å²) in [5, 5.41) is 10.1. The molecule has 23 aromatic rings. The summed E-state index contributed by atoms with van der Waals surface area (Å²) in [6, 6.07) is 168. The summed E-state index contributed by atoms with van der Waals surface area (Å²) in [7, 11) is 0. The standard InChI is InChI=1S/C60H40N2.C54H36N2/c1-3-13-41(14-4-1)47-17-11-19-51(37-47)61-57-23-9-7-21-53(57)55-39-49(33-35-59(55)61)45-29-25-43(26-30-45)44-27-31-46(32-28-44)50-34-36-60-56(40-50)54-22-8-10-24-58(54)62(60)52-20-12-18-48(38-52)42-15-5-2-6-16-42;1-3-11-37(12-4-1)40-27-31-46(32-28-40)56-52-18-10-8-16-48(52)50-36-44(30-34-54(50)56)42-25-21-39(22-26-42)38-19-23-41(24-20-38)43-29-33-53-49(35-43)47-15-7-9-17-51(47)55(53)45-13-5-2-6-14-45/h1-40H;1-36H. The second kappa shape index (κ2) is 29.4. The minimum Gasteiger partial charge on any atom is -0.309 e. The van der Waals surface area contributed by atoms with E-state index in [9.17, 15) is 0 Å². The van der Waals surface area contributed by atoms with Gasteiger partial charge in [-0.25, -0.2) is 0 Å². The zero-order chi connectivity index (χ0) is 78.0. The minimum absolute atomic E-state index is 1.16. The lowest BCUT2D eigenvalue weighted by molar-refractivity contribution is 1.18. The summed E-state index contributed by atoms with van der Waals surface area (Å²) >= 11 is 0. The zero-order valence-corrected chi connectivity index (χ0v) is 64.7. The highest BCUT2D eigenvalue weighted by molar-refractivity contribution is 6.14. The summed E-state index contributed by atoms with van der Waals surface area (Å²) in [4.78, 5) is 0. The fourth-order valence-electron chi connectivity index (χ4n) is 18.1. The molecule has 19 aromatic carbocycles. The molecule has 0 N–H and O–H groups in total. The third kappa shape index (κ3) is 12.4. The fraction of sp³-hybridized carbons (Fsp3) is 0. The van der Waals surface area contributed by atoms with Crippen LogP contribution in [0, 0.1) is 0 Å². The van der Waals surface area contributed by atoms with E-state index in [0.29, 0.717) is 0 Å². The van der Waals surface area contributed by atoms with Gasteiger partial charge in [0.2, 0.25) is 0 Å². The average Bonchev–Trinajstić information content (AvgIpc) is 1.61. The number of para-hydroxylation sites is 5. The van der Waals surface area contributed by atoms with Gasteiger partial charge < -0.3 is 18.3 Å². The topological polar surface area (TPSA) is 19.7 Å². The Labute approximate surface area is 684 Å². The van der Waals surface area contributed by atoms with Crippen LogP contribution in [0.15, 0.2) is 461 Å². The van der Waals surface area contributed by atoms with E-state index in [-0.39, 0.29) is 0 Å². The van der Waals surface area contributed by atoms with Gasteiger partial charge in [0.15, 0.2) is 0 Å². The van der Waals surface area contributed by atoms with Gasteiger partial charge in [0.05, 0.1) is 44.1 Å². The van der Waals surface area contributed by atoms with E-state index in [1.54, 1.807) is 0 Å². The van der Waals surface area contributed by atoms with Gasteiger partial charge >= 0.3 is 0 Å². The summed E-state index contributed by atoms with van der Waals surface area (Å²) in [6.07, 6.45) is 0. The highest BCUT2D eigenvalue weighted by Gasteiger charge is 2.20. The molecule has 0 bridgehead atoms. The molecular formula is C114H76N4. The molecular weight excluding hydrogens is 1430 g/mol. The quantitative estimate of drug-likeness (QED) is 0.110. The highest BCUT2D eigenvalue weighted by atomic mass is 15.0. The maximum Gasteiger partial charge on any atom is 0.0541 e. The molecule has 0 saturated heterocycles. The van der Waals surface area contributed by atoms with E-state index in [0.717, 1.165) is 17.1 Å². The second-order valence-corrected chi connectivity index (χ2v) is 30.7. The first-order valence-corrected chi connectivity index (χ1v) is 40.6. The Morgan fingerprint density at radius 3 is 0.551 bits per heavy atom. The van der Waals surface area contributed by atoms with Crippen molar-refractivity contribution < 1.29 is 0 Å². The predicted octanol–water partition coefficient (Wildman–Crippen LogP) is 30.8. The maximum absolute atomic E-state index is 2.40. The van der Waals surface area contributed by atoms with Crippen LogP contribution in [0.4, 0.5) is 0 Å². The summed E-state index contributed by atoms with van der Waals surface area (Å²) in [6.45, 7) is 0. The van der Waals surface area contributed by atoms with Crippen LogP contribution in [-0.4, -0.2) is 18.3 Å². The van der Waals surface area contributed by atoms with E-state index in [4.69, 9.17) is 0 Å². The molecule has 0 saturated carbocycles. The van der Waals surface area contributed by atoms with Gasteiger partial charge in [-0.3, -0.25) is 0 Å². The number of benzene rings is 19. The van der Waals surface area contributed by atoms with Crippen LogP contribution in [0.5, 0.6) is 0 Å². The van der Waals surface area contributed by atoms with E-state index in [1.165, 1.54) is 193 Å². The van der Waals surface area contributed by atoms with Crippen molar-refractivity contribution in [2.45, 2.75) is 0 Å². The molecule has 118 heavy (non-hydrogen) atoms. The van der Waals surface area contributed by atoms with Crippen LogP contribution in [0.25, 0.3) is 210 Å². The van der Waals surface area contributed by atoms with Crippen LogP contribution < -0.4 is 0 Å². The number of nitrogens with zero attached hydrogens (tertiary/aromatic N) is 4. The second-order valence-electron chi connectivity index (χ2n) is 30.7. The maximum atomic E-state index is 2.40. The molecule has 552 valence electrons. The molecule has 4 heteroatoms. The van der Waals surface area contributed by atoms with Crippen molar-refractivity contribution in [3.8, 4) is 123 Å². The lowest BCUT2D eigenvalue weighted by Gasteiger charge is -2.11. The van der Waals surface area contributed by atoms with Crippen LogP contribution in [0.3, 0.4) is 0 Å². The first kappa shape index (κ1) is 69.1. The van der Waals surface area contributed by atoms with Crippen molar-refractivity contribution in [3.63, 3.8) is 0 Å². The fourth-order valence-corrected chi connectivity index (χ4v) is 18.1. The van der Waals surface area contributed by atoms with Gasteiger partial charge in [-0.15, -0.1) is 0 Å². The Kier molecular flexibility index (Phi) is 17.2. The molecule has 4 nitrogen and oxygen atoms in total. The van der Waals surface area contributed by atoms with Gasteiger partial charge in [-0.1, -0.05) is 340 Å². The molecule has 0 unspecified atom stereocenters. The average molecular weight is 1500 g/mol. The van der Waals surface area contributed by atoms with Crippen molar-refractivity contribution >= 4 is 87.2 Å². The largest absolute Gasteiger partial charge is 0.309 e. The van der Waals surface area contributed by atoms with E-state index < -0.39 is 0 Å². The van der Waals surface area contributed by atoms with Crippen molar-refractivity contribution in [1.29, 1.82) is 0 Å². The Bertz CT molecular complexity index is 7460. The summed E-state index contributed by atoms with van der Waals surface area (Å²) < 4.78 is 9.55. The summed E-state index contributed by atoms with van der Waals surface area (Å²) in [5.41, 5.74) is 36.2. The van der Waals surface area contributed by atoms with Crippen molar-refractivity contribution in [1.82, 2.24) is 18.3 Å². The van der Waals surface area contributed by atoms with E-state index >= 15 is 0 Å². The van der Waals surface area contributed by atoms with Gasteiger partial charge in [0, 0.05) is 65.8 Å². The number of hydrogen-bond acceptors (Lipinski definition) is 0. The molecule has 0 aliphatic heterocycles. The Morgan fingerprint density at radius 1 is 0.0932 bits per heavy atom. The smallest absolute Gasteiger partial charge is 0.0541 e. The molecule has 0 spiro atoms. The Balaban J connectivity index is 0.000000143. The van der Waals surface area contributed by atoms with Gasteiger partial charge in [0.25, 0.3) is 0 Å². The normalized spacial score (nSPS) is 11.6. The molecule has 23 rings (SSSR count). The Hall–Kier alpha value is -15.6. The molecule has 0 atom stereocenters. The molecule has 4 heterocycles. The molecule has 0 amide bonds. The third-order valence-corrected chi connectivity index (χ3v) is 23.9. The molecule has 0 aliphatic rings. The number of aromatic nitrogens is 4. The predicted molar refractivity (Wildman–Crippen MR) is 499 cm³/mol. The van der Waals surface area contributed by atoms with Gasteiger partial charge in [-0.2, -0.15) is 0 Å². The lowest BCUT2D eigenvalue weighted by Crippen LogP contribution is -1.94. The summed E-state index contributed by atoms with van der Waals surface area (Å²) in [5.74, 6) is 0. The highest BCUT2D eigenvalue weighted by Crippen LogP contribution is 2.43. The van der Waals surface area contributed by atoms with Crippen LogP contribution in [0.2, 0.25) is 0 Å². The molecule has 0 aliphatic carbocycles. The third-order valence-electron chi connectivity index (χ3n) is 23.9. The van der Waals surface area contributed by atoms with E-state index in [1.807, 2.05) is 0 Å². The number of rotatable bonds is 13. The van der Waals surface area contributed by atoms with E-state index in [2.05, 4.69) is 479 Å². The number of hydrogen-bond donors (Lipinski definition) is 0. The minimum atomic E-state index is 1.16. The first-order chi connectivity index (χ1) is 58.5. The van der Waals surface area contributed by atoms with Crippen molar-refractivity contribution in [2.24, 2.45) is 0 Å².